The molecule has 94 valence electrons. The van der Waals surface area contributed by atoms with Gasteiger partial charge in [-0.05, 0) is 59.2 Å². The van der Waals surface area contributed by atoms with E-state index in [9.17, 15) is 0 Å². The maximum atomic E-state index is 5.99. The molecule has 1 aliphatic rings. The Balaban J connectivity index is 1.93. The molecule has 0 spiro atoms. The molecular weight excluding hydrogens is 300 g/mol. The monoisotopic (exact) mass is 316 g/mol. The van der Waals surface area contributed by atoms with Crippen LogP contribution in [0.2, 0.25) is 0 Å². The number of hydrogen-bond donors (Lipinski definition) is 1. The number of alkyl halides is 1. The Kier molecular flexibility index (Phi) is 4.69. The van der Waals surface area contributed by atoms with Crippen LogP contribution in [0, 0.1) is 18.8 Å². The third kappa shape index (κ3) is 3.35. The summed E-state index contributed by atoms with van der Waals surface area (Å²) in [5.41, 5.74) is 1.18. The van der Waals surface area contributed by atoms with E-state index in [1.165, 1.54) is 24.8 Å². The second-order valence-corrected chi connectivity index (χ2v) is 6.03. The van der Waals surface area contributed by atoms with Crippen molar-refractivity contribution in [1.29, 1.82) is 0 Å². The maximum Gasteiger partial charge on any atom is 0.128 e. The zero-order valence-electron chi connectivity index (χ0n) is 10.0. The van der Waals surface area contributed by atoms with E-state index in [4.69, 9.17) is 11.6 Å². The lowest BCUT2D eigenvalue weighted by Gasteiger charge is -2.18. The summed E-state index contributed by atoms with van der Waals surface area (Å²) >= 11 is 9.41. The van der Waals surface area contributed by atoms with Crippen LogP contribution in [-0.4, -0.2) is 17.4 Å². The first-order chi connectivity index (χ1) is 8.20. The number of halogens is 2. The Morgan fingerprint density at radius 2 is 2.24 bits per heavy atom. The highest BCUT2D eigenvalue weighted by Gasteiger charge is 2.26. The van der Waals surface area contributed by atoms with Gasteiger partial charge in [0.2, 0.25) is 0 Å². The molecule has 1 heterocycles. The van der Waals surface area contributed by atoms with Crippen molar-refractivity contribution in [1.82, 2.24) is 4.98 Å². The average molecular weight is 318 g/mol. The number of aryl methyl sites for hydroxylation is 1. The van der Waals surface area contributed by atoms with E-state index in [0.717, 1.165) is 22.7 Å². The molecule has 0 aromatic carbocycles. The summed E-state index contributed by atoms with van der Waals surface area (Å²) in [6, 6.07) is 2.09. The number of pyridine rings is 1. The van der Waals surface area contributed by atoms with Crippen LogP contribution >= 0.6 is 27.5 Å². The number of rotatable bonds is 4. The summed E-state index contributed by atoms with van der Waals surface area (Å²) in [6.07, 6.45) is 5.72. The van der Waals surface area contributed by atoms with Crippen molar-refractivity contribution in [3.63, 3.8) is 0 Å². The summed E-state index contributed by atoms with van der Waals surface area (Å²) in [7, 11) is 0. The fourth-order valence-corrected chi connectivity index (χ4v) is 3.39. The molecule has 4 heteroatoms. The number of nitrogens with zero attached hydrogens (tertiary/aromatic N) is 1. The molecule has 1 aromatic rings. The molecule has 2 rings (SSSR count). The van der Waals surface area contributed by atoms with Crippen LogP contribution in [0.3, 0.4) is 0 Å². The number of hydrogen-bond acceptors (Lipinski definition) is 2. The lowest BCUT2D eigenvalue weighted by molar-refractivity contribution is 0.444. The van der Waals surface area contributed by atoms with Crippen LogP contribution in [0.1, 0.15) is 24.8 Å². The summed E-state index contributed by atoms with van der Waals surface area (Å²) in [5, 5.41) is 3.46. The Morgan fingerprint density at radius 1 is 1.47 bits per heavy atom. The maximum absolute atomic E-state index is 5.99. The molecule has 1 saturated carbocycles. The topological polar surface area (TPSA) is 24.9 Å². The van der Waals surface area contributed by atoms with Gasteiger partial charge in [0.1, 0.15) is 5.82 Å². The highest BCUT2D eigenvalue weighted by molar-refractivity contribution is 9.10. The number of nitrogens with one attached hydrogen (secondary N) is 1. The standard InChI is InChI=1S/C13H18BrClN2/c1-9-5-12(14)8-17-13(9)16-7-11-4-2-3-10(11)6-15/h5,8,10-11H,2-4,6-7H2,1H3,(H,16,17). The first-order valence-corrected chi connectivity index (χ1v) is 7.45. The Bertz CT molecular complexity index is 384. The van der Waals surface area contributed by atoms with Crippen LogP contribution in [-0.2, 0) is 0 Å². The van der Waals surface area contributed by atoms with Crippen LogP contribution in [0.5, 0.6) is 0 Å². The van der Waals surface area contributed by atoms with Crippen molar-refractivity contribution in [3.8, 4) is 0 Å². The smallest absolute Gasteiger partial charge is 0.128 e. The van der Waals surface area contributed by atoms with E-state index in [-0.39, 0.29) is 0 Å². The summed E-state index contributed by atoms with van der Waals surface area (Å²) < 4.78 is 1.03. The van der Waals surface area contributed by atoms with Crippen molar-refractivity contribution in [2.24, 2.45) is 11.8 Å². The van der Waals surface area contributed by atoms with E-state index >= 15 is 0 Å². The zero-order valence-corrected chi connectivity index (χ0v) is 12.4. The minimum absolute atomic E-state index is 0.680. The van der Waals surface area contributed by atoms with Gasteiger partial charge in [-0.3, -0.25) is 0 Å². The highest BCUT2D eigenvalue weighted by atomic mass is 79.9. The molecule has 1 aromatic heterocycles. The van der Waals surface area contributed by atoms with Gasteiger partial charge in [0.05, 0.1) is 0 Å². The van der Waals surface area contributed by atoms with E-state index in [1.54, 1.807) is 0 Å². The van der Waals surface area contributed by atoms with Gasteiger partial charge in [-0.2, -0.15) is 0 Å². The zero-order chi connectivity index (χ0) is 12.3. The highest BCUT2D eigenvalue weighted by Crippen LogP contribution is 2.32. The normalized spacial score (nSPS) is 23.9. The fraction of sp³-hybridized carbons (Fsp3) is 0.615. The lowest BCUT2D eigenvalue weighted by atomic mass is 9.98. The van der Waals surface area contributed by atoms with Crippen molar-refractivity contribution in [2.75, 3.05) is 17.7 Å². The van der Waals surface area contributed by atoms with Gasteiger partial charge in [0.25, 0.3) is 0 Å². The number of anilines is 1. The summed E-state index contributed by atoms with van der Waals surface area (Å²) in [6.45, 7) is 3.07. The van der Waals surface area contributed by atoms with Crippen LogP contribution in [0.25, 0.3) is 0 Å². The molecule has 17 heavy (non-hydrogen) atoms. The fourth-order valence-electron chi connectivity index (χ4n) is 2.54. The molecule has 2 atom stereocenters. The number of aromatic nitrogens is 1. The second-order valence-electron chi connectivity index (χ2n) is 4.81. The first-order valence-electron chi connectivity index (χ1n) is 6.12. The molecular formula is C13H18BrClN2. The third-order valence-corrected chi connectivity index (χ3v) is 4.42. The summed E-state index contributed by atoms with van der Waals surface area (Å²) in [5.74, 6) is 3.17. The first kappa shape index (κ1) is 13.2. The molecule has 1 N–H and O–H groups in total. The van der Waals surface area contributed by atoms with E-state index in [0.29, 0.717) is 11.8 Å². The Hall–Kier alpha value is -0.280. The Labute approximate surface area is 116 Å². The van der Waals surface area contributed by atoms with E-state index < -0.39 is 0 Å². The summed E-state index contributed by atoms with van der Waals surface area (Å²) in [4.78, 5) is 4.40. The molecule has 0 bridgehead atoms. The van der Waals surface area contributed by atoms with Gasteiger partial charge in [-0.15, -0.1) is 11.6 Å². The molecule has 0 amide bonds. The molecule has 0 radical (unpaired) electrons. The minimum Gasteiger partial charge on any atom is -0.370 e. The lowest BCUT2D eigenvalue weighted by Crippen LogP contribution is -2.20. The van der Waals surface area contributed by atoms with Gasteiger partial charge >= 0.3 is 0 Å². The molecule has 2 unspecified atom stereocenters. The molecule has 0 aliphatic heterocycles. The van der Waals surface area contributed by atoms with Crippen molar-refractivity contribution in [3.05, 3.63) is 22.3 Å². The van der Waals surface area contributed by atoms with E-state index in [1.807, 2.05) is 6.20 Å². The van der Waals surface area contributed by atoms with E-state index in [2.05, 4.69) is 39.2 Å². The molecule has 1 fully saturated rings. The van der Waals surface area contributed by atoms with Crippen molar-refractivity contribution >= 4 is 33.3 Å². The molecule has 1 aliphatic carbocycles. The molecule has 0 saturated heterocycles. The van der Waals surface area contributed by atoms with Crippen LogP contribution in [0.15, 0.2) is 16.7 Å². The second kappa shape index (κ2) is 6.05. The van der Waals surface area contributed by atoms with Gasteiger partial charge in [0.15, 0.2) is 0 Å². The van der Waals surface area contributed by atoms with Gasteiger partial charge in [-0.25, -0.2) is 4.98 Å². The minimum atomic E-state index is 0.680. The third-order valence-electron chi connectivity index (χ3n) is 3.59. The predicted molar refractivity (Wildman–Crippen MR) is 76.7 cm³/mol. The van der Waals surface area contributed by atoms with Crippen molar-refractivity contribution in [2.45, 2.75) is 26.2 Å². The Morgan fingerprint density at radius 3 is 2.94 bits per heavy atom. The van der Waals surface area contributed by atoms with Gasteiger partial charge < -0.3 is 5.32 Å². The average Bonchev–Trinajstić information content (AvgIpc) is 2.75. The van der Waals surface area contributed by atoms with Gasteiger partial charge in [-0.1, -0.05) is 6.42 Å². The SMILES string of the molecule is Cc1cc(Br)cnc1NCC1CCCC1CCl. The quantitative estimate of drug-likeness (QED) is 0.841. The largest absolute Gasteiger partial charge is 0.370 e. The predicted octanol–water partition coefficient (Wildman–Crippen LogP) is 4.22. The van der Waals surface area contributed by atoms with Crippen molar-refractivity contribution < 1.29 is 0 Å². The molecule has 2 nitrogen and oxygen atoms in total. The van der Waals surface area contributed by atoms with Gasteiger partial charge in [0, 0.05) is 23.1 Å². The van der Waals surface area contributed by atoms with Crippen LogP contribution < -0.4 is 5.32 Å². The van der Waals surface area contributed by atoms with Crippen LogP contribution in [0.4, 0.5) is 5.82 Å².